The number of rotatable bonds is 11. The Bertz CT molecular complexity index is 1420. The molecule has 0 unspecified atom stereocenters. The summed E-state index contributed by atoms with van der Waals surface area (Å²) in [6, 6.07) is 21.2. The molecule has 2 heterocycles. The molecule has 1 atom stereocenters. The maximum absolute atomic E-state index is 12.2. The van der Waals surface area contributed by atoms with Gasteiger partial charge in [0.05, 0.1) is 24.8 Å². The number of benzene rings is 3. The lowest BCUT2D eigenvalue weighted by Gasteiger charge is -2.37. The molecule has 1 aliphatic rings. The lowest BCUT2D eigenvalue weighted by molar-refractivity contribution is -0.112. The molecule has 0 radical (unpaired) electrons. The van der Waals surface area contributed by atoms with E-state index in [-0.39, 0.29) is 6.04 Å². The van der Waals surface area contributed by atoms with Crippen molar-refractivity contribution in [3.8, 4) is 17.2 Å². The number of hydrogen-bond acceptors (Lipinski definition) is 9. The summed E-state index contributed by atoms with van der Waals surface area (Å²) in [6.45, 7) is 8.10. The van der Waals surface area contributed by atoms with Crippen LogP contribution in [0.5, 0.6) is 17.2 Å². The maximum Gasteiger partial charge on any atom is 0.227 e. The molecule has 40 heavy (non-hydrogen) atoms. The number of hydrogen-bond donors (Lipinski definition) is 1. The second-order valence-electron chi connectivity index (χ2n) is 9.54. The maximum atomic E-state index is 12.2. The highest BCUT2D eigenvalue weighted by Gasteiger charge is 2.26. The second kappa shape index (κ2) is 12.7. The summed E-state index contributed by atoms with van der Waals surface area (Å²) in [4.78, 5) is 25.8. The summed E-state index contributed by atoms with van der Waals surface area (Å²) < 4.78 is 17.4. The molecular formula is C31H35N5O4. The average molecular weight is 542 g/mol. The fourth-order valence-corrected chi connectivity index (χ4v) is 4.90. The molecule has 208 valence electrons. The van der Waals surface area contributed by atoms with Gasteiger partial charge < -0.3 is 29.6 Å². The number of piperazine rings is 1. The van der Waals surface area contributed by atoms with E-state index in [1.54, 1.807) is 0 Å². The van der Waals surface area contributed by atoms with E-state index < -0.39 is 0 Å². The summed E-state index contributed by atoms with van der Waals surface area (Å²) >= 11 is 0. The molecule has 0 saturated carbocycles. The topological polar surface area (TPSA) is 103 Å². The van der Waals surface area contributed by atoms with E-state index in [0.717, 1.165) is 28.5 Å². The van der Waals surface area contributed by atoms with Crippen LogP contribution in [0.4, 0.5) is 11.8 Å². The molecule has 1 aliphatic heterocycles. The minimum atomic E-state index is -0.335. The van der Waals surface area contributed by atoms with Crippen molar-refractivity contribution in [2.75, 3.05) is 50.0 Å². The highest BCUT2D eigenvalue weighted by atomic mass is 16.5. The average Bonchev–Trinajstić information content (AvgIpc) is 2.99. The summed E-state index contributed by atoms with van der Waals surface area (Å²) in [5.41, 5.74) is 9.11. The summed E-state index contributed by atoms with van der Waals surface area (Å²) in [7, 11) is 0. The molecule has 1 aromatic heterocycles. The third-order valence-corrected chi connectivity index (χ3v) is 6.97. The molecule has 3 aromatic carbocycles. The molecule has 4 aromatic rings. The predicted octanol–water partition coefficient (Wildman–Crippen LogP) is 4.65. The molecule has 1 fully saturated rings. The first kappa shape index (κ1) is 27.2. The van der Waals surface area contributed by atoms with Crippen LogP contribution in [0, 0.1) is 0 Å². The summed E-state index contributed by atoms with van der Waals surface area (Å²) in [5, 5.41) is 0.728. The molecule has 9 nitrogen and oxygen atoms in total. The molecular weight excluding hydrogens is 506 g/mol. The van der Waals surface area contributed by atoms with E-state index in [0.29, 0.717) is 74.8 Å². The van der Waals surface area contributed by atoms with Crippen LogP contribution >= 0.6 is 0 Å². The van der Waals surface area contributed by atoms with Crippen LogP contribution in [0.15, 0.2) is 66.7 Å². The van der Waals surface area contributed by atoms with Crippen LogP contribution in [0.2, 0.25) is 0 Å². The van der Waals surface area contributed by atoms with Gasteiger partial charge in [-0.1, -0.05) is 42.5 Å². The smallest absolute Gasteiger partial charge is 0.227 e. The second-order valence-corrected chi connectivity index (χ2v) is 9.54. The van der Waals surface area contributed by atoms with Crippen molar-refractivity contribution in [3.05, 3.63) is 77.9 Å². The van der Waals surface area contributed by atoms with Crippen molar-refractivity contribution in [3.63, 3.8) is 0 Å². The Balaban J connectivity index is 1.25. The monoisotopic (exact) mass is 541 g/mol. The van der Waals surface area contributed by atoms with Crippen LogP contribution in [0.1, 0.15) is 31.0 Å². The van der Waals surface area contributed by atoms with Gasteiger partial charge in [-0.2, -0.15) is 4.98 Å². The summed E-state index contributed by atoms with van der Waals surface area (Å²) in [6.07, 6.45) is 1.01. The lowest BCUT2D eigenvalue weighted by Crippen LogP contribution is -2.48. The van der Waals surface area contributed by atoms with Gasteiger partial charge in [-0.25, -0.2) is 4.98 Å². The zero-order valence-corrected chi connectivity index (χ0v) is 23.0. The quantitative estimate of drug-likeness (QED) is 0.272. The molecule has 1 saturated heterocycles. The number of nitrogen functional groups attached to an aromatic ring is 1. The Labute approximate surface area is 234 Å². The van der Waals surface area contributed by atoms with E-state index >= 15 is 0 Å². The van der Waals surface area contributed by atoms with Crippen LogP contribution < -0.4 is 24.8 Å². The first-order valence-corrected chi connectivity index (χ1v) is 13.7. The number of nitrogens with two attached hydrogens (primary N) is 1. The number of anilines is 2. The van der Waals surface area contributed by atoms with Crippen LogP contribution in [-0.2, 0) is 11.4 Å². The van der Waals surface area contributed by atoms with Gasteiger partial charge in [0, 0.05) is 37.6 Å². The Morgan fingerprint density at radius 1 is 0.875 bits per heavy atom. The number of aromatic nitrogens is 2. The zero-order valence-electron chi connectivity index (χ0n) is 23.0. The van der Waals surface area contributed by atoms with E-state index in [4.69, 9.17) is 24.9 Å². The van der Waals surface area contributed by atoms with E-state index in [2.05, 4.69) is 14.8 Å². The van der Waals surface area contributed by atoms with Crippen molar-refractivity contribution < 1.29 is 19.0 Å². The summed E-state index contributed by atoms with van der Waals surface area (Å²) in [5.74, 6) is 3.00. The van der Waals surface area contributed by atoms with Crippen molar-refractivity contribution in [2.45, 2.75) is 26.5 Å². The standard InChI is InChI=1S/C31H35N5O4/c1-3-38-28-18-25-26(19-29(28)39-4-2)33-31(34-30(25)32)36-16-14-35(15-17-36)27(20-37)23-10-12-24(13-11-23)40-21-22-8-6-5-7-9-22/h5-13,18-20,27H,3-4,14-17,21H2,1-2H3,(H2,32,33,34)/t27-/m1/s1. The van der Waals surface area contributed by atoms with Crippen molar-refractivity contribution >= 4 is 29.0 Å². The van der Waals surface area contributed by atoms with Crippen molar-refractivity contribution in [2.24, 2.45) is 0 Å². The van der Waals surface area contributed by atoms with Gasteiger partial charge in [0.25, 0.3) is 0 Å². The van der Waals surface area contributed by atoms with E-state index in [1.807, 2.05) is 80.6 Å². The van der Waals surface area contributed by atoms with Crippen LogP contribution in [0.25, 0.3) is 10.9 Å². The molecule has 5 rings (SSSR count). The number of fused-ring (bicyclic) bond motifs is 1. The number of carbonyl (C=O) groups excluding carboxylic acids is 1. The molecule has 0 amide bonds. The van der Waals surface area contributed by atoms with Crippen LogP contribution in [-0.4, -0.2) is 60.5 Å². The zero-order chi connectivity index (χ0) is 27.9. The van der Waals surface area contributed by atoms with Gasteiger partial charge >= 0.3 is 0 Å². The Hall–Kier alpha value is -4.37. The number of ether oxygens (including phenoxy) is 3. The van der Waals surface area contributed by atoms with Crippen molar-refractivity contribution in [1.82, 2.24) is 14.9 Å². The third-order valence-electron chi connectivity index (χ3n) is 6.97. The minimum Gasteiger partial charge on any atom is -0.490 e. The van der Waals surface area contributed by atoms with Gasteiger partial charge in [-0.15, -0.1) is 0 Å². The number of carbonyl (C=O) groups is 1. The van der Waals surface area contributed by atoms with Gasteiger partial charge in [-0.05, 0) is 43.2 Å². The van der Waals surface area contributed by atoms with Crippen molar-refractivity contribution in [1.29, 1.82) is 0 Å². The minimum absolute atomic E-state index is 0.335. The highest BCUT2D eigenvalue weighted by Crippen LogP contribution is 2.35. The molecule has 0 bridgehead atoms. The molecule has 9 heteroatoms. The highest BCUT2D eigenvalue weighted by molar-refractivity contribution is 5.91. The Morgan fingerprint density at radius 2 is 1.55 bits per heavy atom. The fourth-order valence-electron chi connectivity index (χ4n) is 4.90. The SMILES string of the molecule is CCOc1cc2nc(N3CCN([C@H](C=O)c4ccc(OCc5ccccc5)cc4)CC3)nc(N)c2cc1OCC. The first-order chi connectivity index (χ1) is 19.6. The Morgan fingerprint density at radius 3 is 2.20 bits per heavy atom. The third kappa shape index (κ3) is 6.10. The van der Waals surface area contributed by atoms with Crippen LogP contribution in [0.3, 0.4) is 0 Å². The largest absolute Gasteiger partial charge is 0.490 e. The molecule has 2 N–H and O–H groups in total. The normalized spacial score (nSPS) is 14.6. The molecule has 0 aliphatic carbocycles. The van der Waals surface area contributed by atoms with Gasteiger partial charge in [0.1, 0.15) is 24.5 Å². The number of aldehydes is 1. The predicted molar refractivity (Wildman–Crippen MR) is 156 cm³/mol. The van der Waals surface area contributed by atoms with Gasteiger partial charge in [0.15, 0.2) is 11.5 Å². The van der Waals surface area contributed by atoms with Gasteiger partial charge in [0.2, 0.25) is 5.95 Å². The fraction of sp³-hybridized carbons (Fsp3) is 0.323. The van der Waals surface area contributed by atoms with E-state index in [9.17, 15) is 4.79 Å². The molecule has 0 spiro atoms. The van der Waals surface area contributed by atoms with E-state index in [1.165, 1.54) is 0 Å². The first-order valence-electron chi connectivity index (χ1n) is 13.7. The lowest BCUT2D eigenvalue weighted by atomic mass is 10.1. The Kier molecular flexibility index (Phi) is 8.61. The number of nitrogens with zero attached hydrogens (tertiary/aromatic N) is 4. The van der Waals surface area contributed by atoms with Gasteiger partial charge in [-0.3, -0.25) is 4.90 Å².